The summed E-state index contributed by atoms with van der Waals surface area (Å²) in [5.74, 6) is 0.476. The van der Waals surface area contributed by atoms with Gasteiger partial charge in [0, 0.05) is 12.4 Å². The van der Waals surface area contributed by atoms with Gasteiger partial charge < -0.3 is 0 Å². The Kier molecular flexibility index (Phi) is 6.29. The van der Waals surface area contributed by atoms with Gasteiger partial charge in [0.1, 0.15) is 0 Å². The molecule has 114 valence electrons. The molecule has 0 amide bonds. The first kappa shape index (κ1) is 17.3. The van der Waals surface area contributed by atoms with E-state index in [0.717, 1.165) is 24.6 Å². The summed E-state index contributed by atoms with van der Waals surface area (Å²) in [5, 5.41) is 0. The van der Waals surface area contributed by atoms with E-state index in [4.69, 9.17) is 11.6 Å². The van der Waals surface area contributed by atoms with Crippen molar-refractivity contribution in [3.63, 3.8) is 0 Å². The van der Waals surface area contributed by atoms with Crippen molar-refractivity contribution >= 4 is 21.6 Å². The zero-order valence-corrected chi connectivity index (χ0v) is 12.2. The number of sulfonamides is 1. The Balaban J connectivity index is 2.83. The summed E-state index contributed by atoms with van der Waals surface area (Å²) in [6, 6.07) is 4.12. The smallest absolute Gasteiger partial charge is 0.211 e. The van der Waals surface area contributed by atoms with Gasteiger partial charge in [-0.3, -0.25) is 0 Å². The summed E-state index contributed by atoms with van der Waals surface area (Å²) >= 11 is 5.47. The molecule has 0 aliphatic rings. The van der Waals surface area contributed by atoms with Crippen LogP contribution in [0.4, 0.5) is 13.2 Å². The molecule has 0 atom stereocenters. The van der Waals surface area contributed by atoms with Gasteiger partial charge in [0.05, 0.1) is 10.5 Å². The second-order valence-electron chi connectivity index (χ2n) is 4.14. The topological polar surface area (TPSA) is 46.2 Å². The average molecular weight is 330 g/mol. The number of hydrogen-bond acceptors (Lipinski definition) is 2. The Labute approximate surface area is 121 Å². The Morgan fingerprint density at radius 2 is 1.75 bits per heavy atom. The number of unbranched alkanes of at least 4 members (excludes halogenated alkanes) is 2. The Morgan fingerprint density at radius 1 is 1.10 bits per heavy atom. The molecule has 0 bridgehead atoms. The molecule has 0 heterocycles. The number of rotatable bonds is 7. The molecule has 0 aliphatic heterocycles. The molecule has 0 unspecified atom stereocenters. The second kappa shape index (κ2) is 7.28. The summed E-state index contributed by atoms with van der Waals surface area (Å²) in [7, 11) is -4.16. The minimum Gasteiger partial charge on any atom is -0.211 e. The molecule has 0 saturated heterocycles. The second-order valence-corrected chi connectivity index (χ2v) is 6.25. The molecule has 1 N–H and O–H groups in total. The van der Waals surface area contributed by atoms with Gasteiger partial charge in [-0.25, -0.2) is 13.1 Å². The van der Waals surface area contributed by atoms with Crippen molar-refractivity contribution in [3.8, 4) is 0 Å². The molecule has 1 rings (SSSR count). The molecule has 8 heteroatoms. The fraction of sp³-hybridized carbons (Fsp3) is 0.500. The van der Waals surface area contributed by atoms with E-state index >= 15 is 0 Å². The van der Waals surface area contributed by atoms with Crippen LogP contribution in [0.5, 0.6) is 0 Å². The van der Waals surface area contributed by atoms with Crippen LogP contribution in [0, 0.1) is 0 Å². The van der Waals surface area contributed by atoms with Gasteiger partial charge in [-0.1, -0.05) is 18.6 Å². The Hall–Kier alpha value is -0.790. The van der Waals surface area contributed by atoms with Crippen molar-refractivity contribution < 1.29 is 21.6 Å². The van der Waals surface area contributed by atoms with E-state index in [0.29, 0.717) is 18.7 Å². The molecule has 3 nitrogen and oxygen atoms in total. The third-order valence-corrected chi connectivity index (χ3v) is 4.37. The highest BCUT2D eigenvalue weighted by Crippen LogP contribution is 2.33. The molecule has 0 aliphatic carbocycles. The van der Waals surface area contributed by atoms with E-state index < -0.39 is 26.7 Å². The first-order valence-electron chi connectivity index (χ1n) is 6.01. The van der Waals surface area contributed by atoms with Crippen molar-refractivity contribution in [2.45, 2.75) is 30.3 Å². The lowest BCUT2D eigenvalue weighted by atomic mass is 10.2. The summed E-state index contributed by atoms with van der Waals surface area (Å²) in [4.78, 5) is -0.746. The molecular weight excluding hydrogens is 315 g/mol. The van der Waals surface area contributed by atoms with Gasteiger partial charge in [-0.05, 0) is 25.0 Å². The fourth-order valence-corrected chi connectivity index (χ4v) is 3.10. The van der Waals surface area contributed by atoms with Crippen molar-refractivity contribution in [3.05, 3.63) is 29.8 Å². The van der Waals surface area contributed by atoms with E-state index in [9.17, 15) is 21.6 Å². The first-order valence-corrected chi connectivity index (χ1v) is 8.02. The van der Waals surface area contributed by atoms with E-state index in [2.05, 4.69) is 4.72 Å². The molecule has 0 fully saturated rings. The molecule has 20 heavy (non-hydrogen) atoms. The standard InChI is InChI=1S/C12H15ClF3NO2S/c13-8-4-1-5-9-17-20(18,19)11-7-3-2-6-10(11)12(14,15)16/h2-3,6-7,17H,1,4-5,8-9H2. The minimum atomic E-state index is -4.70. The summed E-state index contributed by atoms with van der Waals surface area (Å²) in [6.07, 6.45) is -2.72. The van der Waals surface area contributed by atoms with Crippen molar-refractivity contribution in [2.24, 2.45) is 0 Å². The van der Waals surface area contributed by atoms with Crippen LogP contribution in [-0.2, 0) is 16.2 Å². The quantitative estimate of drug-likeness (QED) is 0.615. The molecule has 1 aromatic rings. The lowest BCUT2D eigenvalue weighted by Gasteiger charge is -2.13. The van der Waals surface area contributed by atoms with Gasteiger partial charge in [0.25, 0.3) is 0 Å². The maximum atomic E-state index is 12.8. The monoisotopic (exact) mass is 329 g/mol. The van der Waals surface area contributed by atoms with Gasteiger partial charge in [0.15, 0.2) is 0 Å². The predicted octanol–water partition coefficient (Wildman–Crippen LogP) is 3.39. The van der Waals surface area contributed by atoms with E-state index in [1.165, 1.54) is 6.07 Å². The lowest BCUT2D eigenvalue weighted by Crippen LogP contribution is -2.27. The van der Waals surface area contributed by atoms with Crippen LogP contribution in [0.25, 0.3) is 0 Å². The van der Waals surface area contributed by atoms with Gasteiger partial charge in [0.2, 0.25) is 10.0 Å². The van der Waals surface area contributed by atoms with Gasteiger partial charge in [-0.2, -0.15) is 13.2 Å². The third kappa shape index (κ3) is 4.96. The van der Waals surface area contributed by atoms with Crippen LogP contribution in [-0.4, -0.2) is 20.8 Å². The zero-order chi connectivity index (χ0) is 15.2. The summed E-state index contributed by atoms with van der Waals surface area (Å²) < 4.78 is 64.2. The van der Waals surface area contributed by atoms with Crippen LogP contribution in [0.15, 0.2) is 29.2 Å². The molecular formula is C12H15ClF3NO2S. The largest absolute Gasteiger partial charge is 0.417 e. The molecule has 0 aromatic heterocycles. The fourth-order valence-electron chi connectivity index (χ4n) is 1.62. The van der Waals surface area contributed by atoms with Crippen molar-refractivity contribution in [1.29, 1.82) is 0 Å². The highest BCUT2D eigenvalue weighted by molar-refractivity contribution is 7.89. The maximum absolute atomic E-state index is 12.8. The van der Waals surface area contributed by atoms with E-state index in [-0.39, 0.29) is 6.54 Å². The Morgan fingerprint density at radius 3 is 2.35 bits per heavy atom. The number of alkyl halides is 4. The molecule has 0 saturated carbocycles. The minimum absolute atomic E-state index is 0.0887. The SMILES string of the molecule is O=S(=O)(NCCCCCCl)c1ccccc1C(F)(F)F. The zero-order valence-electron chi connectivity index (χ0n) is 10.6. The third-order valence-electron chi connectivity index (χ3n) is 2.58. The highest BCUT2D eigenvalue weighted by atomic mass is 35.5. The number of hydrogen-bond donors (Lipinski definition) is 1. The van der Waals surface area contributed by atoms with Gasteiger partial charge >= 0.3 is 6.18 Å². The summed E-state index contributed by atoms with van der Waals surface area (Å²) in [6.45, 7) is 0.0887. The highest BCUT2D eigenvalue weighted by Gasteiger charge is 2.36. The normalized spacial score (nSPS) is 12.6. The summed E-state index contributed by atoms with van der Waals surface area (Å²) in [5.41, 5.74) is -1.16. The molecule has 0 spiro atoms. The van der Waals surface area contributed by atoms with Crippen LogP contribution in [0.2, 0.25) is 0 Å². The number of nitrogens with one attached hydrogen (secondary N) is 1. The molecule has 0 radical (unpaired) electrons. The van der Waals surface area contributed by atoms with Crippen LogP contribution < -0.4 is 4.72 Å². The van der Waals surface area contributed by atoms with E-state index in [1.54, 1.807) is 0 Å². The first-order chi connectivity index (χ1) is 9.29. The van der Waals surface area contributed by atoms with Gasteiger partial charge in [-0.15, -0.1) is 11.6 Å². The maximum Gasteiger partial charge on any atom is 0.417 e. The van der Waals surface area contributed by atoms with Crippen LogP contribution in [0.3, 0.4) is 0 Å². The van der Waals surface area contributed by atoms with Crippen LogP contribution in [0.1, 0.15) is 24.8 Å². The average Bonchev–Trinajstić information content (AvgIpc) is 2.37. The van der Waals surface area contributed by atoms with Crippen molar-refractivity contribution in [2.75, 3.05) is 12.4 Å². The van der Waals surface area contributed by atoms with E-state index in [1.807, 2.05) is 0 Å². The Bertz CT molecular complexity index is 532. The predicted molar refractivity (Wildman–Crippen MR) is 71.2 cm³/mol. The number of benzene rings is 1. The van der Waals surface area contributed by atoms with Crippen molar-refractivity contribution in [1.82, 2.24) is 4.72 Å². The lowest BCUT2D eigenvalue weighted by molar-refractivity contribution is -0.139. The molecule has 1 aromatic carbocycles. The number of halogens is 4. The van der Waals surface area contributed by atoms with Crippen LogP contribution >= 0.6 is 11.6 Å².